The van der Waals surface area contributed by atoms with Crippen molar-refractivity contribution in [3.05, 3.63) is 66.5 Å². The van der Waals surface area contributed by atoms with E-state index in [4.69, 9.17) is 9.47 Å². The maximum atomic E-state index is 14.5. The molecule has 0 unspecified atom stereocenters. The van der Waals surface area contributed by atoms with Crippen LogP contribution in [0.25, 0.3) is 28.3 Å². The van der Waals surface area contributed by atoms with Crippen molar-refractivity contribution < 1.29 is 13.9 Å². The van der Waals surface area contributed by atoms with E-state index in [0.717, 1.165) is 0 Å². The van der Waals surface area contributed by atoms with Crippen LogP contribution in [0.2, 0.25) is 0 Å². The molecule has 174 valence electrons. The Kier molecular flexibility index (Phi) is 5.72. The first kappa shape index (κ1) is 21.9. The minimum Gasteiger partial charge on any atom is -0.495 e. The second-order valence-electron chi connectivity index (χ2n) is 7.59. The van der Waals surface area contributed by atoms with Gasteiger partial charge in [0, 0.05) is 11.8 Å². The number of hydrogen-bond acceptors (Lipinski definition) is 9. The first-order chi connectivity index (χ1) is 17.1. The lowest BCUT2D eigenvalue weighted by Gasteiger charge is -2.15. The van der Waals surface area contributed by atoms with Gasteiger partial charge in [-0.15, -0.1) is 5.10 Å². The van der Waals surface area contributed by atoms with Crippen LogP contribution in [0.1, 0.15) is 12.5 Å². The Morgan fingerprint density at radius 3 is 2.80 bits per heavy atom. The van der Waals surface area contributed by atoms with Gasteiger partial charge < -0.3 is 9.47 Å². The topological polar surface area (TPSA) is 129 Å². The molecule has 0 fully saturated rings. The van der Waals surface area contributed by atoms with Crippen LogP contribution < -0.4 is 9.47 Å². The van der Waals surface area contributed by atoms with Gasteiger partial charge in [0.2, 0.25) is 0 Å². The minimum absolute atomic E-state index is 0.0806. The number of nitriles is 1. The summed E-state index contributed by atoms with van der Waals surface area (Å²) < 4.78 is 28.7. The summed E-state index contributed by atoms with van der Waals surface area (Å²) in [5.74, 6) is -0.0160. The third-order valence-electron chi connectivity index (χ3n) is 5.24. The molecule has 0 aliphatic heterocycles. The van der Waals surface area contributed by atoms with Crippen LogP contribution in [0.15, 0.2) is 55.1 Å². The monoisotopic (exact) mass is 471 g/mol. The third-order valence-corrected chi connectivity index (χ3v) is 5.24. The van der Waals surface area contributed by atoms with E-state index in [0.29, 0.717) is 40.6 Å². The van der Waals surface area contributed by atoms with Crippen LogP contribution in [0.5, 0.6) is 11.5 Å². The molecule has 0 aliphatic carbocycles. The number of fused-ring (bicyclic) bond motifs is 1. The Morgan fingerprint density at radius 2 is 2.03 bits per heavy atom. The van der Waals surface area contributed by atoms with Crippen molar-refractivity contribution in [3.63, 3.8) is 0 Å². The summed E-state index contributed by atoms with van der Waals surface area (Å²) in [5.41, 5.74) is 2.94. The third kappa shape index (κ3) is 4.22. The SMILES string of the molecule is COc1ccnc(-c2cnc3ccc(-c4ccc(F)c(O[C@@H](C)Cn5cnnn5)c4)nn23)c1C#N. The number of aromatic nitrogens is 8. The zero-order valence-corrected chi connectivity index (χ0v) is 18.7. The number of hydrogen-bond donors (Lipinski definition) is 0. The molecule has 0 aliphatic rings. The molecule has 0 bridgehead atoms. The Labute approximate surface area is 198 Å². The van der Waals surface area contributed by atoms with Crippen molar-refractivity contribution in [2.24, 2.45) is 0 Å². The lowest BCUT2D eigenvalue weighted by atomic mass is 10.1. The summed E-state index contributed by atoms with van der Waals surface area (Å²) in [5, 5.41) is 25.3. The van der Waals surface area contributed by atoms with E-state index in [-0.39, 0.29) is 17.4 Å². The number of ether oxygens (including phenoxy) is 2. The van der Waals surface area contributed by atoms with Crippen molar-refractivity contribution in [3.8, 4) is 40.2 Å². The minimum atomic E-state index is -0.499. The highest BCUT2D eigenvalue weighted by molar-refractivity contribution is 5.70. The second-order valence-corrected chi connectivity index (χ2v) is 7.59. The van der Waals surface area contributed by atoms with Gasteiger partial charge in [-0.25, -0.2) is 18.6 Å². The molecular weight excluding hydrogens is 453 g/mol. The fourth-order valence-corrected chi connectivity index (χ4v) is 3.64. The van der Waals surface area contributed by atoms with Gasteiger partial charge in [0.05, 0.1) is 25.5 Å². The largest absolute Gasteiger partial charge is 0.495 e. The lowest BCUT2D eigenvalue weighted by molar-refractivity contribution is 0.185. The second kappa shape index (κ2) is 9.14. The van der Waals surface area contributed by atoms with Crippen molar-refractivity contribution in [2.75, 3.05) is 7.11 Å². The zero-order chi connectivity index (χ0) is 24.4. The highest BCUT2D eigenvalue weighted by atomic mass is 19.1. The average Bonchev–Trinajstić information content (AvgIpc) is 3.54. The summed E-state index contributed by atoms with van der Waals surface area (Å²) in [6.45, 7) is 2.15. The summed E-state index contributed by atoms with van der Waals surface area (Å²) in [6, 6.07) is 11.8. The van der Waals surface area contributed by atoms with E-state index in [1.54, 1.807) is 54.2 Å². The fraction of sp³-hybridized carbons (Fsp3) is 0.174. The molecule has 5 rings (SSSR count). The molecule has 0 radical (unpaired) electrons. The van der Waals surface area contributed by atoms with E-state index >= 15 is 0 Å². The van der Waals surface area contributed by atoms with Gasteiger partial charge in [-0.2, -0.15) is 10.4 Å². The Hall–Kier alpha value is -4.92. The summed E-state index contributed by atoms with van der Waals surface area (Å²) in [6.07, 6.45) is 4.22. The molecule has 4 heterocycles. The fourth-order valence-electron chi connectivity index (χ4n) is 3.64. The van der Waals surface area contributed by atoms with Gasteiger partial charge in [0.1, 0.15) is 41.2 Å². The van der Waals surface area contributed by atoms with Gasteiger partial charge in [-0.3, -0.25) is 4.98 Å². The van der Waals surface area contributed by atoms with Crippen LogP contribution in [0.4, 0.5) is 4.39 Å². The quantitative estimate of drug-likeness (QED) is 0.352. The van der Waals surface area contributed by atoms with E-state index in [9.17, 15) is 9.65 Å². The van der Waals surface area contributed by atoms with Gasteiger partial charge in [-0.05, 0) is 53.7 Å². The molecule has 0 saturated heterocycles. The summed E-state index contributed by atoms with van der Waals surface area (Å²) in [4.78, 5) is 8.73. The maximum Gasteiger partial charge on any atom is 0.165 e. The molecule has 11 nitrogen and oxygen atoms in total. The van der Waals surface area contributed by atoms with Crippen molar-refractivity contribution in [2.45, 2.75) is 19.6 Å². The van der Waals surface area contributed by atoms with Crippen molar-refractivity contribution in [1.82, 2.24) is 39.8 Å². The number of tetrazole rings is 1. The van der Waals surface area contributed by atoms with Crippen LogP contribution in [0.3, 0.4) is 0 Å². The van der Waals surface area contributed by atoms with Crippen molar-refractivity contribution >= 4 is 5.65 Å². The molecule has 35 heavy (non-hydrogen) atoms. The number of imidazole rings is 1. The molecule has 4 aromatic heterocycles. The smallest absolute Gasteiger partial charge is 0.165 e. The molecule has 0 spiro atoms. The summed E-state index contributed by atoms with van der Waals surface area (Å²) >= 11 is 0. The molecule has 5 aromatic rings. The van der Waals surface area contributed by atoms with Gasteiger partial charge in [-0.1, -0.05) is 0 Å². The van der Waals surface area contributed by atoms with Crippen LogP contribution in [-0.4, -0.2) is 53.0 Å². The lowest BCUT2D eigenvalue weighted by Crippen LogP contribution is -2.20. The highest BCUT2D eigenvalue weighted by Gasteiger charge is 2.18. The van der Waals surface area contributed by atoms with Crippen LogP contribution in [0, 0.1) is 17.1 Å². The number of rotatable bonds is 7. The predicted octanol–water partition coefficient (Wildman–Crippen LogP) is 2.93. The predicted molar refractivity (Wildman–Crippen MR) is 121 cm³/mol. The molecule has 1 atom stereocenters. The highest BCUT2D eigenvalue weighted by Crippen LogP contribution is 2.30. The van der Waals surface area contributed by atoms with Gasteiger partial charge >= 0.3 is 0 Å². The molecule has 0 saturated carbocycles. The molecule has 0 amide bonds. The molecular formula is C23H18FN9O2. The van der Waals surface area contributed by atoms with Crippen LogP contribution >= 0.6 is 0 Å². The van der Waals surface area contributed by atoms with E-state index < -0.39 is 5.82 Å². The van der Waals surface area contributed by atoms with Crippen LogP contribution in [-0.2, 0) is 6.54 Å². The van der Waals surface area contributed by atoms with Gasteiger partial charge in [0.25, 0.3) is 0 Å². The molecule has 1 aromatic carbocycles. The van der Waals surface area contributed by atoms with E-state index in [2.05, 4.69) is 36.7 Å². The molecule has 12 heteroatoms. The number of methoxy groups -OCH3 is 1. The Bertz CT molecular complexity index is 1540. The first-order valence-electron chi connectivity index (χ1n) is 10.5. The van der Waals surface area contributed by atoms with E-state index in [1.165, 1.54) is 24.2 Å². The number of halogens is 1. The standard InChI is InChI=1S/C23H18FN9O2/c1-14(12-32-13-28-30-31-32)35-21-9-15(3-4-17(21)24)18-5-6-22-27-11-19(33(22)29-18)23-16(10-25)20(34-2)7-8-26-23/h3-9,11,13-14H,12H2,1-2H3/t14-/m0/s1. The summed E-state index contributed by atoms with van der Waals surface area (Å²) in [7, 11) is 1.49. The van der Waals surface area contributed by atoms with Gasteiger partial charge in [0.15, 0.2) is 17.2 Å². The average molecular weight is 471 g/mol. The normalized spacial score (nSPS) is 11.8. The van der Waals surface area contributed by atoms with Crippen molar-refractivity contribution in [1.29, 1.82) is 5.26 Å². The Balaban J connectivity index is 1.51. The Morgan fingerprint density at radius 1 is 1.14 bits per heavy atom. The maximum absolute atomic E-state index is 14.5. The first-order valence-corrected chi connectivity index (χ1v) is 10.5. The van der Waals surface area contributed by atoms with E-state index in [1.807, 2.05) is 0 Å². The number of nitrogens with zero attached hydrogens (tertiary/aromatic N) is 9. The number of benzene rings is 1. The molecule has 0 N–H and O–H groups in total. The number of pyridine rings is 1. The zero-order valence-electron chi connectivity index (χ0n) is 18.7.